The van der Waals surface area contributed by atoms with Crippen molar-refractivity contribution in [3.63, 3.8) is 0 Å². The number of hydrogen-bond acceptors (Lipinski definition) is 28. The fraction of sp³-hybridized carbons (Fsp3) is 0.573. The van der Waals surface area contributed by atoms with Gasteiger partial charge >= 0.3 is 11.9 Å². The number of H-pyrrole nitrogens is 1. The smallest absolute Gasteiger partial charge is 0.326 e. The van der Waals surface area contributed by atoms with E-state index >= 15 is 0 Å². The molecule has 49 nitrogen and oxygen atoms in total. The Morgan fingerprint density at radius 2 is 0.924 bits per heavy atom. The van der Waals surface area contributed by atoms with Crippen molar-refractivity contribution in [2.24, 2.45) is 28.9 Å². The van der Waals surface area contributed by atoms with Gasteiger partial charge in [-0.1, -0.05) is 56.3 Å². The number of aromatic amines is 1. The third-order valence-electron chi connectivity index (χ3n) is 21.0. The van der Waals surface area contributed by atoms with E-state index in [2.05, 4.69) is 84.4 Å². The zero-order chi connectivity index (χ0) is 97.5. The van der Waals surface area contributed by atoms with Crippen LogP contribution in [0.25, 0.3) is 0 Å². The predicted octanol–water partition coefficient (Wildman–Crippen LogP) is -10.1. The number of likely N-dealkylation sites (tertiary alicyclic amines) is 2. The number of carboxylic acids is 2. The number of unbranched alkanes of at least 4 members (excludes halogenated alkanes) is 1. The molecular formula is C82H122N22O27. The van der Waals surface area contributed by atoms with Gasteiger partial charge in [0.25, 0.3) is 0 Å². The monoisotopic (exact) mass is 1850 g/mol. The standard InChI is InChI=1S/C82H122N22O27/c1-41(2)31-53(73(121)94-52(82(130)131)24-27-65(115)116)95-71(119)50(15-9-10-28-83)93-78(126)66(42(3)106)100-64(114)38-89-62(112)36-88-63(113)37-90-70(118)54(32-45-13-7-6-8-14-45)98-79(127)67(43(4)107)101-77(125)58-16-11-29-103(58)80(128)59-17-12-30-104(59)81(129)68(44(5)108)102-76(124)57(39-105)99-74(122)55(33-46-18-20-48(109)21-19-46)96-75(123)56(34-47-35-87-40-91-47)97-72(120)51(23-26-61(86)111)92-69(117)49(84)22-25-60(85)110/h6-8,13-14,18-21,35,40-44,49-59,66-68,105-109H,9-12,15-17,22-34,36-39,83-84H2,1-5H3,(H2,85,110)(H2,86,111)(H,87,91)(H,88,113)(H,89,112)(H,90,118)(H,92,117)(H,93,126)(H,94,121)(H,95,119)(H,96,123)(H,97,120)(H,98,127)(H,99,122)(H,100,114)(H,101,125)(H,102,124)(H,115,116)(H,130,131)/t42-,43-,44-,49+,50+,51+,52+,53+,54+,55+,56+,57+,58+,59+,66+,67+,68+/m1/s1. The summed E-state index contributed by atoms with van der Waals surface area (Å²) in [7, 11) is 0. The summed E-state index contributed by atoms with van der Waals surface area (Å²) in [6.45, 7) is 3.14. The highest BCUT2D eigenvalue weighted by molar-refractivity contribution is 6.01. The Morgan fingerprint density at radius 3 is 1.47 bits per heavy atom. The topological polar surface area (TPSA) is 791 Å². The molecule has 49 heteroatoms. The average Bonchev–Trinajstić information content (AvgIpc) is 1.66. The highest BCUT2D eigenvalue weighted by Crippen LogP contribution is 2.27. The van der Waals surface area contributed by atoms with E-state index < -0.39 is 280 Å². The molecule has 0 bridgehead atoms. The Labute approximate surface area is 752 Å². The van der Waals surface area contributed by atoms with Gasteiger partial charge < -0.3 is 148 Å². The van der Waals surface area contributed by atoms with Crippen LogP contribution in [0.1, 0.15) is 141 Å². The van der Waals surface area contributed by atoms with Gasteiger partial charge in [0.1, 0.15) is 84.3 Å². The number of aliphatic hydroxyl groups is 4. The molecule has 17 atom stereocenters. The number of phenols is 1. The highest BCUT2D eigenvalue weighted by Gasteiger charge is 2.47. The van der Waals surface area contributed by atoms with Gasteiger partial charge in [-0.25, -0.2) is 9.78 Å². The first-order valence-electron chi connectivity index (χ1n) is 42.6. The van der Waals surface area contributed by atoms with Crippen LogP contribution in [0.4, 0.5) is 0 Å². The number of carbonyl (C=O) groups excluding carboxylic acids is 18. The Kier molecular flexibility index (Phi) is 44.7. The number of benzene rings is 2. The van der Waals surface area contributed by atoms with Crippen LogP contribution < -0.4 is 97.4 Å². The Morgan fingerprint density at radius 1 is 0.466 bits per heavy atom. The fourth-order valence-electron chi connectivity index (χ4n) is 14.0. The number of nitrogens with two attached hydrogens (primary N) is 4. The molecule has 1 aromatic heterocycles. The zero-order valence-electron chi connectivity index (χ0n) is 73.2. The fourth-order valence-corrected chi connectivity index (χ4v) is 14.0. The Hall–Kier alpha value is -13.4. The molecule has 0 aliphatic carbocycles. The quantitative estimate of drug-likeness (QED) is 0.0233. The second-order valence-corrected chi connectivity index (χ2v) is 32.2. The number of hydrogen-bond donors (Lipinski definition) is 26. The molecule has 0 unspecified atom stereocenters. The van der Waals surface area contributed by atoms with Crippen molar-refractivity contribution in [2.45, 2.75) is 247 Å². The number of aliphatic carboxylic acids is 2. The van der Waals surface area contributed by atoms with E-state index in [-0.39, 0.29) is 108 Å². The van der Waals surface area contributed by atoms with E-state index in [1.54, 1.807) is 44.2 Å². The van der Waals surface area contributed by atoms with Crippen LogP contribution in [0.5, 0.6) is 5.75 Å². The molecule has 2 aromatic carbocycles. The summed E-state index contributed by atoms with van der Waals surface area (Å²) in [5, 5.41) is 106. The lowest BCUT2D eigenvalue weighted by molar-refractivity contribution is -0.149. The van der Waals surface area contributed by atoms with Crippen molar-refractivity contribution in [1.82, 2.24) is 94.2 Å². The average molecular weight is 1850 g/mol. The summed E-state index contributed by atoms with van der Waals surface area (Å²) < 4.78 is 0. The number of aromatic hydroxyl groups is 1. The van der Waals surface area contributed by atoms with Gasteiger partial charge in [0, 0.05) is 63.5 Å². The minimum atomic E-state index is -1.96. The van der Waals surface area contributed by atoms with Gasteiger partial charge in [-0.2, -0.15) is 0 Å². The lowest BCUT2D eigenvalue weighted by Crippen LogP contribution is -2.63. The van der Waals surface area contributed by atoms with Gasteiger partial charge in [0.15, 0.2) is 0 Å². The number of aliphatic hydroxyl groups excluding tert-OH is 4. The van der Waals surface area contributed by atoms with Gasteiger partial charge in [-0.3, -0.25) is 91.1 Å². The lowest BCUT2D eigenvalue weighted by Gasteiger charge is -2.34. The number of rotatable bonds is 56. The number of nitrogens with zero attached hydrogens (tertiary/aromatic N) is 3. The number of amides is 18. The van der Waals surface area contributed by atoms with E-state index in [0.29, 0.717) is 17.5 Å². The van der Waals surface area contributed by atoms with E-state index in [9.17, 15) is 127 Å². The third kappa shape index (κ3) is 36.6. The first-order chi connectivity index (χ1) is 61.9. The van der Waals surface area contributed by atoms with E-state index in [0.717, 1.165) is 30.6 Å². The largest absolute Gasteiger partial charge is 0.508 e. The molecule has 3 heterocycles. The molecular weight excluding hydrogens is 1730 g/mol. The lowest BCUT2D eigenvalue weighted by atomic mass is 10.0. The molecule has 0 radical (unpaired) electrons. The van der Waals surface area contributed by atoms with E-state index in [1.165, 1.54) is 36.8 Å². The second-order valence-electron chi connectivity index (χ2n) is 32.2. The van der Waals surface area contributed by atoms with E-state index in [1.807, 2.05) is 0 Å². The summed E-state index contributed by atoms with van der Waals surface area (Å²) in [5.41, 5.74) is 23.2. The van der Waals surface area contributed by atoms with Crippen molar-refractivity contribution in [3.05, 3.63) is 83.9 Å². The van der Waals surface area contributed by atoms with Crippen LogP contribution in [-0.2, 0) is 115 Å². The van der Waals surface area contributed by atoms with Gasteiger partial charge in [0.05, 0.1) is 56.9 Å². The van der Waals surface area contributed by atoms with Crippen molar-refractivity contribution < 1.29 is 132 Å². The molecule has 2 aliphatic heterocycles. The third-order valence-corrected chi connectivity index (χ3v) is 21.0. The van der Waals surface area contributed by atoms with Crippen molar-refractivity contribution in [3.8, 4) is 5.75 Å². The molecule has 18 amide bonds. The maximum atomic E-state index is 14.7. The number of aromatic nitrogens is 2. The molecule has 0 saturated carbocycles. The Balaban J connectivity index is 1.21. The number of imidazole rings is 1. The molecule has 30 N–H and O–H groups in total. The summed E-state index contributed by atoms with van der Waals surface area (Å²) >= 11 is 0. The predicted molar refractivity (Wildman–Crippen MR) is 458 cm³/mol. The summed E-state index contributed by atoms with van der Waals surface area (Å²) in [4.78, 5) is 278. The van der Waals surface area contributed by atoms with Crippen LogP contribution in [0.3, 0.4) is 0 Å². The van der Waals surface area contributed by atoms with Crippen molar-refractivity contribution in [2.75, 3.05) is 45.9 Å². The molecule has 131 heavy (non-hydrogen) atoms. The minimum absolute atomic E-state index is 0.00386. The zero-order valence-corrected chi connectivity index (χ0v) is 73.2. The summed E-state index contributed by atoms with van der Waals surface area (Å²) in [6, 6.07) is -8.92. The first kappa shape index (κ1) is 108. The Bertz CT molecular complexity index is 4450. The number of nitrogens with one attached hydrogen (secondary N) is 15. The maximum absolute atomic E-state index is 14.7. The minimum Gasteiger partial charge on any atom is -0.508 e. The summed E-state index contributed by atoms with van der Waals surface area (Å²) in [5.74, 6) is -21.2. The van der Waals surface area contributed by atoms with Gasteiger partial charge in [-0.15, -0.1) is 0 Å². The van der Waals surface area contributed by atoms with Gasteiger partial charge in [0.2, 0.25) is 106 Å². The van der Waals surface area contributed by atoms with Crippen LogP contribution in [0, 0.1) is 5.92 Å². The summed E-state index contributed by atoms with van der Waals surface area (Å²) in [6.07, 6.45) is -5.04. The number of primary amides is 2. The number of carbonyl (C=O) groups is 20. The molecule has 722 valence electrons. The molecule has 0 spiro atoms. The number of phenolic OH excluding ortho intramolecular Hbond substituents is 1. The van der Waals surface area contributed by atoms with Gasteiger partial charge in [-0.05, 0) is 127 Å². The van der Waals surface area contributed by atoms with Crippen LogP contribution in [-0.4, -0.2) is 323 Å². The first-order valence-corrected chi connectivity index (χ1v) is 42.6. The van der Waals surface area contributed by atoms with Crippen LogP contribution >= 0.6 is 0 Å². The number of carboxylic acid groups (broad SMARTS) is 2. The normalized spacial score (nSPS) is 16.9. The molecule has 2 fully saturated rings. The van der Waals surface area contributed by atoms with Crippen molar-refractivity contribution in [1.29, 1.82) is 0 Å². The molecule has 2 saturated heterocycles. The maximum Gasteiger partial charge on any atom is 0.326 e. The van der Waals surface area contributed by atoms with Crippen LogP contribution in [0.2, 0.25) is 0 Å². The molecule has 3 aromatic rings. The molecule has 5 rings (SSSR count). The van der Waals surface area contributed by atoms with Crippen LogP contribution in [0.15, 0.2) is 67.1 Å². The highest BCUT2D eigenvalue weighted by atomic mass is 16.4. The van der Waals surface area contributed by atoms with Crippen molar-refractivity contribution >= 4 is 118 Å². The van der Waals surface area contributed by atoms with E-state index in [4.69, 9.17) is 28.0 Å². The molecule has 2 aliphatic rings. The second kappa shape index (κ2) is 54.2. The SMILES string of the molecule is CC(C)C[C@H](NC(=O)[C@H](CCCCN)NC(=O)[C@@H](NC(=O)CNC(=O)CNC(=O)CNC(=O)[C@H](Cc1ccccc1)NC(=O)[C@@H](NC(=O)[C@@H]1CCCN1C(=O)[C@@H]1CCCN1C(=O)[C@@H](NC(=O)[C@H](CO)NC(=O)[C@H](Cc1ccc(O)cc1)NC(=O)[C@H](Cc1cnc[nH]1)NC(=O)[C@H](CCC(N)=O)NC(=O)[C@@H](N)CCC(N)=O)[C@@H](C)O)[C@@H](C)O)[C@@H](C)O)C(=O)N[C@@H](CCC(=O)O)C(=O)O.